The van der Waals surface area contributed by atoms with Gasteiger partial charge in [-0.3, -0.25) is 0 Å². The van der Waals surface area contributed by atoms with E-state index in [4.69, 9.17) is 4.74 Å². The smallest absolute Gasteiger partial charge is 0.148 e. The van der Waals surface area contributed by atoms with Crippen molar-refractivity contribution in [2.24, 2.45) is 5.18 Å². The number of hydrogen-bond acceptors (Lipinski definition) is 4. The summed E-state index contributed by atoms with van der Waals surface area (Å²) in [5.74, 6) is -0.401. The van der Waals surface area contributed by atoms with Crippen molar-refractivity contribution in [2.45, 2.75) is 6.92 Å². The Balaban J connectivity index is 2.33. The Morgan fingerprint density at radius 3 is 2.69 bits per heavy atom. The summed E-state index contributed by atoms with van der Waals surface area (Å²) in [6.07, 6.45) is 0. The van der Waals surface area contributed by atoms with E-state index in [9.17, 15) is 9.30 Å². The standard InChI is InChI=1S/C11H13FN2O2/c1-8-6-11(9(12)7-10(8)13-15)14-2-4-16-5-3-14/h6-7H,2-5H2,1H3. The number of morpholine rings is 1. The molecule has 0 atom stereocenters. The molecule has 0 N–H and O–H groups in total. The fourth-order valence-electron chi connectivity index (χ4n) is 1.80. The highest BCUT2D eigenvalue weighted by atomic mass is 19.1. The van der Waals surface area contributed by atoms with Gasteiger partial charge in [-0.2, -0.15) is 0 Å². The minimum atomic E-state index is -0.401. The first-order valence-electron chi connectivity index (χ1n) is 5.18. The van der Waals surface area contributed by atoms with Gasteiger partial charge >= 0.3 is 0 Å². The van der Waals surface area contributed by atoms with Crippen LogP contribution in [0.3, 0.4) is 0 Å². The lowest BCUT2D eigenvalue weighted by Crippen LogP contribution is -2.36. The number of aryl methyl sites for hydroxylation is 1. The van der Waals surface area contributed by atoms with Crippen molar-refractivity contribution in [3.8, 4) is 0 Å². The fourth-order valence-corrected chi connectivity index (χ4v) is 1.80. The molecule has 1 heterocycles. The highest BCUT2D eigenvalue weighted by molar-refractivity contribution is 5.58. The summed E-state index contributed by atoms with van der Waals surface area (Å²) in [5, 5.41) is 2.78. The third kappa shape index (κ3) is 2.04. The molecule has 0 spiro atoms. The van der Waals surface area contributed by atoms with Crippen LogP contribution < -0.4 is 4.90 Å². The van der Waals surface area contributed by atoms with Crippen LogP contribution in [-0.2, 0) is 4.74 Å². The predicted molar refractivity (Wildman–Crippen MR) is 59.6 cm³/mol. The van der Waals surface area contributed by atoms with Gasteiger partial charge in [0.25, 0.3) is 0 Å². The number of ether oxygens (including phenoxy) is 1. The van der Waals surface area contributed by atoms with Crippen LogP contribution >= 0.6 is 0 Å². The van der Waals surface area contributed by atoms with Crippen LogP contribution in [0.5, 0.6) is 0 Å². The molecule has 1 aromatic rings. The van der Waals surface area contributed by atoms with Crippen molar-refractivity contribution in [2.75, 3.05) is 31.2 Å². The monoisotopic (exact) mass is 224 g/mol. The van der Waals surface area contributed by atoms with Crippen LogP contribution in [0.15, 0.2) is 17.3 Å². The fraction of sp³-hybridized carbons (Fsp3) is 0.455. The summed E-state index contributed by atoms with van der Waals surface area (Å²) in [6, 6.07) is 2.85. The number of nitrogens with zero attached hydrogens (tertiary/aromatic N) is 2. The summed E-state index contributed by atoms with van der Waals surface area (Å²) in [4.78, 5) is 12.3. The molecular formula is C11H13FN2O2. The maximum absolute atomic E-state index is 13.7. The van der Waals surface area contributed by atoms with E-state index in [1.807, 2.05) is 4.90 Å². The predicted octanol–water partition coefficient (Wildman–Crippen LogP) is 2.37. The van der Waals surface area contributed by atoms with Crippen molar-refractivity contribution >= 4 is 11.4 Å². The topological polar surface area (TPSA) is 41.9 Å². The Morgan fingerprint density at radius 2 is 2.06 bits per heavy atom. The number of rotatable bonds is 2. The van der Waals surface area contributed by atoms with Gasteiger partial charge < -0.3 is 9.64 Å². The van der Waals surface area contributed by atoms with E-state index in [0.29, 0.717) is 37.6 Å². The Labute approximate surface area is 93.0 Å². The first-order valence-corrected chi connectivity index (χ1v) is 5.18. The molecule has 4 nitrogen and oxygen atoms in total. The van der Waals surface area contributed by atoms with Gasteiger partial charge in [0, 0.05) is 19.2 Å². The number of anilines is 1. The quantitative estimate of drug-likeness (QED) is 0.724. The third-order valence-electron chi connectivity index (χ3n) is 2.72. The summed E-state index contributed by atoms with van der Waals surface area (Å²) in [5.41, 5.74) is 1.38. The molecule has 0 unspecified atom stereocenters. The van der Waals surface area contributed by atoms with Crippen LogP contribution in [-0.4, -0.2) is 26.3 Å². The molecule has 1 fully saturated rings. The molecule has 0 bridgehead atoms. The molecule has 2 rings (SSSR count). The van der Waals surface area contributed by atoms with Gasteiger partial charge in [-0.25, -0.2) is 4.39 Å². The molecule has 0 radical (unpaired) electrons. The molecule has 5 heteroatoms. The highest BCUT2D eigenvalue weighted by Crippen LogP contribution is 2.28. The van der Waals surface area contributed by atoms with Gasteiger partial charge in [-0.05, 0) is 23.7 Å². The average Bonchev–Trinajstić information content (AvgIpc) is 2.32. The Bertz CT molecular complexity index is 403. The van der Waals surface area contributed by atoms with Gasteiger partial charge in [0.05, 0.1) is 18.9 Å². The Hall–Kier alpha value is -1.49. The number of hydrogen-bond donors (Lipinski definition) is 0. The van der Waals surface area contributed by atoms with E-state index in [0.717, 1.165) is 0 Å². The highest BCUT2D eigenvalue weighted by Gasteiger charge is 2.16. The number of nitroso groups, excluding NO2 is 1. The molecule has 0 aromatic heterocycles. The first kappa shape index (κ1) is 11.0. The van der Waals surface area contributed by atoms with Crippen molar-refractivity contribution in [1.29, 1.82) is 0 Å². The maximum Gasteiger partial charge on any atom is 0.148 e. The van der Waals surface area contributed by atoms with Gasteiger partial charge in [0.2, 0.25) is 0 Å². The largest absolute Gasteiger partial charge is 0.378 e. The van der Waals surface area contributed by atoms with E-state index in [1.54, 1.807) is 13.0 Å². The lowest BCUT2D eigenvalue weighted by atomic mass is 10.1. The van der Waals surface area contributed by atoms with Crippen molar-refractivity contribution < 1.29 is 9.13 Å². The third-order valence-corrected chi connectivity index (χ3v) is 2.72. The number of halogens is 1. The molecule has 0 aliphatic carbocycles. The second-order valence-corrected chi connectivity index (χ2v) is 3.78. The molecule has 86 valence electrons. The Morgan fingerprint density at radius 1 is 1.38 bits per heavy atom. The van der Waals surface area contributed by atoms with Gasteiger partial charge in [-0.1, -0.05) is 0 Å². The summed E-state index contributed by atoms with van der Waals surface area (Å²) in [7, 11) is 0. The van der Waals surface area contributed by atoms with Gasteiger partial charge in [-0.15, -0.1) is 4.91 Å². The van der Waals surface area contributed by atoms with E-state index >= 15 is 0 Å². The lowest BCUT2D eigenvalue weighted by Gasteiger charge is -2.29. The van der Waals surface area contributed by atoms with Crippen molar-refractivity contribution in [3.63, 3.8) is 0 Å². The summed E-state index contributed by atoms with van der Waals surface area (Å²) >= 11 is 0. The van der Waals surface area contributed by atoms with Crippen LogP contribution in [0.1, 0.15) is 5.56 Å². The SMILES string of the molecule is Cc1cc(N2CCOCC2)c(F)cc1N=O. The first-order chi connectivity index (χ1) is 7.72. The normalized spacial score (nSPS) is 16.2. The van der Waals surface area contributed by atoms with Gasteiger partial charge in [0.1, 0.15) is 11.5 Å². The van der Waals surface area contributed by atoms with Crippen molar-refractivity contribution in [1.82, 2.24) is 0 Å². The molecule has 1 aliphatic heterocycles. The zero-order chi connectivity index (χ0) is 11.5. The number of benzene rings is 1. The van der Waals surface area contributed by atoms with Gasteiger partial charge in [0.15, 0.2) is 0 Å². The van der Waals surface area contributed by atoms with Crippen LogP contribution in [0.4, 0.5) is 15.8 Å². The minimum absolute atomic E-state index is 0.162. The minimum Gasteiger partial charge on any atom is -0.378 e. The van der Waals surface area contributed by atoms with E-state index in [-0.39, 0.29) is 5.69 Å². The molecule has 1 aromatic carbocycles. The average molecular weight is 224 g/mol. The Kier molecular flexibility index (Phi) is 3.14. The summed E-state index contributed by atoms with van der Waals surface area (Å²) in [6.45, 7) is 4.30. The van der Waals surface area contributed by atoms with E-state index in [1.165, 1.54) is 6.07 Å². The summed E-state index contributed by atoms with van der Waals surface area (Å²) < 4.78 is 18.9. The molecule has 16 heavy (non-hydrogen) atoms. The molecule has 1 saturated heterocycles. The lowest BCUT2D eigenvalue weighted by molar-refractivity contribution is 0.122. The van der Waals surface area contributed by atoms with Crippen molar-refractivity contribution in [3.05, 3.63) is 28.4 Å². The van der Waals surface area contributed by atoms with Crippen LogP contribution in [0, 0.1) is 17.6 Å². The maximum atomic E-state index is 13.7. The molecule has 1 aliphatic rings. The zero-order valence-corrected chi connectivity index (χ0v) is 9.07. The van der Waals surface area contributed by atoms with E-state index < -0.39 is 5.82 Å². The second-order valence-electron chi connectivity index (χ2n) is 3.78. The molecular weight excluding hydrogens is 211 g/mol. The zero-order valence-electron chi connectivity index (χ0n) is 9.07. The van der Waals surface area contributed by atoms with Crippen LogP contribution in [0.2, 0.25) is 0 Å². The molecule has 0 amide bonds. The molecule has 0 saturated carbocycles. The van der Waals surface area contributed by atoms with E-state index in [2.05, 4.69) is 5.18 Å². The second kappa shape index (κ2) is 4.57. The van der Waals surface area contributed by atoms with Crippen LogP contribution in [0.25, 0.3) is 0 Å².